The number of carbonyl (C=O) groups is 6. The van der Waals surface area contributed by atoms with Crippen molar-refractivity contribution in [3.63, 3.8) is 0 Å². The summed E-state index contributed by atoms with van der Waals surface area (Å²) >= 11 is 0. The standard InChI is InChI=1S/C27H35F5N2O4.C24H31F3N2O5/c1-16(2)34(17-8-6-5-7-9-17)24(36)19-14-21-22(15-20(19)27(30,31)32)38-26(3,4)25(37)33(21)13-12-18(35)10-11-23(28)29;1-14(2)29(15-8-6-5-7-9-15)21(32)16-12-18-19(13-17(16)24(25,26)27)34-23(3,4)22(33)28(18)11-10-20(30)31/h14-17,23H,5-13H2,1-4H3;12-15H,5-11H2,1-4H3,(H,30,31). The van der Waals surface area contributed by atoms with Gasteiger partial charge in [0.15, 0.2) is 11.2 Å². The number of hydrogen-bond donors (Lipinski definition) is 1. The van der Waals surface area contributed by atoms with Crippen molar-refractivity contribution in [1.29, 1.82) is 0 Å². The largest absolute Gasteiger partial charge is 0.481 e. The summed E-state index contributed by atoms with van der Waals surface area (Å²) in [6.45, 7) is 12.1. The van der Waals surface area contributed by atoms with E-state index in [4.69, 9.17) is 14.6 Å². The average Bonchev–Trinajstić information content (AvgIpc) is 3.27. The molecule has 2 aliphatic heterocycles. The third kappa shape index (κ3) is 13.4. The zero-order chi connectivity index (χ0) is 53.8. The smallest absolute Gasteiger partial charge is 0.417 e. The van der Waals surface area contributed by atoms with Crippen molar-refractivity contribution >= 4 is 46.8 Å². The minimum absolute atomic E-state index is 0.0331. The molecule has 72 heavy (non-hydrogen) atoms. The van der Waals surface area contributed by atoms with Crippen LogP contribution in [0, 0.1) is 0 Å². The number of ether oxygens (including phenoxy) is 2. The van der Waals surface area contributed by atoms with Crippen molar-refractivity contribution in [3.8, 4) is 11.5 Å². The summed E-state index contributed by atoms with van der Waals surface area (Å²) in [6.07, 6.45) is -5.62. The van der Waals surface area contributed by atoms with Crippen LogP contribution in [0.4, 0.5) is 46.5 Å². The Labute approximate surface area is 414 Å². The second-order valence-electron chi connectivity index (χ2n) is 20.4. The summed E-state index contributed by atoms with van der Waals surface area (Å²) in [7, 11) is 0. The van der Waals surface area contributed by atoms with Gasteiger partial charge in [-0.2, -0.15) is 26.3 Å². The fourth-order valence-electron chi connectivity index (χ4n) is 9.97. The first-order valence-electron chi connectivity index (χ1n) is 24.6. The maximum Gasteiger partial charge on any atom is 0.417 e. The van der Waals surface area contributed by atoms with Gasteiger partial charge in [0, 0.05) is 56.5 Å². The number of carboxylic acids is 1. The molecule has 0 spiro atoms. The van der Waals surface area contributed by atoms with E-state index in [0.29, 0.717) is 12.8 Å². The quantitative estimate of drug-likeness (QED) is 0.172. The lowest BCUT2D eigenvalue weighted by Gasteiger charge is -2.40. The van der Waals surface area contributed by atoms with Gasteiger partial charge in [-0.05, 0) is 105 Å². The van der Waals surface area contributed by atoms with Gasteiger partial charge in [-0.1, -0.05) is 38.5 Å². The van der Waals surface area contributed by atoms with Crippen molar-refractivity contribution in [2.24, 2.45) is 0 Å². The molecule has 6 rings (SSSR count). The summed E-state index contributed by atoms with van der Waals surface area (Å²) in [5, 5.41) is 9.10. The highest BCUT2D eigenvalue weighted by atomic mass is 19.4. The number of Topliss-reactive ketones (excluding diaryl/α,β-unsaturated/α-hetero) is 1. The number of ketones is 1. The van der Waals surface area contributed by atoms with Crippen LogP contribution in [0.15, 0.2) is 24.3 Å². The zero-order valence-corrected chi connectivity index (χ0v) is 42.0. The minimum Gasteiger partial charge on any atom is -0.481 e. The van der Waals surface area contributed by atoms with Crippen LogP contribution in [0.5, 0.6) is 11.5 Å². The summed E-state index contributed by atoms with van der Waals surface area (Å²) in [5.41, 5.74) is -6.59. The van der Waals surface area contributed by atoms with Gasteiger partial charge in [0.1, 0.15) is 17.3 Å². The van der Waals surface area contributed by atoms with Crippen LogP contribution in [0.25, 0.3) is 0 Å². The summed E-state index contributed by atoms with van der Waals surface area (Å²) in [4.78, 5) is 82.0. The van der Waals surface area contributed by atoms with E-state index in [1.807, 2.05) is 0 Å². The van der Waals surface area contributed by atoms with Crippen LogP contribution in [0.3, 0.4) is 0 Å². The van der Waals surface area contributed by atoms with E-state index in [-0.39, 0.29) is 73.0 Å². The molecule has 1 N–H and O–H groups in total. The lowest BCUT2D eigenvalue weighted by Crippen LogP contribution is -2.53. The van der Waals surface area contributed by atoms with Gasteiger partial charge < -0.3 is 34.2 Å². The van der Waals surface area contributed by atoms with Crippen LogP contribution in [0.2, 0.25) is 0 Å². The van der Waals surface area contributed by atoms with E-state index in [1.54, 1.807) is 27.7 Å². The zero-order valence-electron chi connectivity index (χ0n) is 42.0. The number of alkyl halides is 8. The Morgan fingerprint density at radius 2 is 0.986 bits per heavy atom. The molecule has 2 aliphatic carbocycles. The van der Waals surface area contributed by atoms with Gasteiger partial charge in [0.05, 0.1) is 40.0 Å². The molecular weight excluding hydrogens is 965 g/mol. The fraction of sp³-hybridized carbons (Fsp3) is 0.647. The van der Waals surface area contributed by atoms with Crippen LogP contribution in [-0.4, -0.2) is 105 Å². The summed E-state index contributed by atoms with van der Waals surface area (Å²) < 4.78 is 121. The SMILES string of the molecule is CC(C)N(C(=O)c1cc2c(cc1C(F)(F)F)OC(C)(C)C(=O)N2CCC(=O)CCC(F)F)C1CCCCC1.CC(C)N(C(=O)c1cc2c(cc1C(F)(F)F)OC(C)(C)C(=O)N2CCC(=O)O)C1CCCCC1. The topological polar surface area (TPSA) is 154 Å². The number of aliphatic carboxylic acids is 1. The average molecular weight is 1030 g/mol. The van der Waals surface area contributed by atoms with E-state index in [2.05, 4.69) is 0 Å². The Hall–Kier alpha value is -5.50. The molecule has 4 aliphatic rings. The van der Waals surface area contributed by atoms with Crippen molar-refractivity contribution in [2.45, 2.75) is 199 Å². The third-order valence-corrected chi connectivity index (χ3v) is 13.4. The van der Waals surface area contributed by atoms with Crippen molar-refractivity contribution in [2.75, 3.05) is 22.9 Å². The molecule has 0 unspecified atom stereocenters. The normalized spacial score (nSPS) is 18.2. The Bertz CT molecular complexity index is 2340. The van der Waals surface area contributed by atoms with E-state index in [1.165, 1.54) is 37.5 Å². The molecule has 400 valence electrons. The molecule has 2 fully saturated rings. The minimum atomic E-state index is -4.87. The first kappa shape index (κ1) is 57.4. The molecule has 21 heteroatoms. The number of carboxylic acid groups (broad SMARTS) is 1. The number of hydrogen-bond acceptors (Lipinski definition) is 8. The highest BCUT2D eigenvalue weighted by Crippen LogP contribution is 2.47. The predicted octanol–water partition coefficient (Wildman–Crippen LogP) is 11.3. The number of nitrogens with zero attached hydrogens (tertiary/aromatic N) is 4. The van der Waals surface area contributed by atoms with Crippen molar-refractivity contribution in [1.82, 2.24) is 9.80 Å². The number of benzene rings is 2. The molecular formula is C51H66F8N4O9. The first-order valence-corrected chi connectivity index (χ1v) is 24.6. The van der Waals surface area contributed by atoms with Crippen LogP contribution in [-0.2, 0) is 31.5 Å². The van der Waals surface area contributed by atoms with Gasteiger partial charge in [0.2, 0.25) is 6.43 Å². The monoisotopic (exact) mass is 1030 g/mol. The van der Waals surface area contributed by atoms with E-state index >= 15 is 0 Å². The predicted molar refractivity (Wildman–Crippen MR) is 250 cm³/mol. The van der Waals surface area contributed by atoms with E-state index < -0.39 is 100 Å². The van der Waals surface area contributed by atoms with Gasteiger partial charge in [-0.25, -0.2) is 8.78 Å². The van der Waals surface area contributed by atoms with Crippen LogP contribution < -0.4 is 19.3 Å². The second-order valence-corrected chi connectivity index (χ2v) is 20.4. The number of amides is 4. The van der Waals surface area contributed by atoms with Gasteiger partial charge in [-0.15, -0.1) is 0 Å². The first-order chi connectivity index (χ1) is 33.4. The maximum atomic E-state index is 14.2. The highest BCUT2D eigenvalue weighted by Gasteiger charge is 2.47. The molecule has 2 aromatic rings. The van der Waals surface area contributed by atoms with Crippen molar-refractivity contribution in [3.05, 3.63) is 46.5 Å². The Morgan fingerprint density at radius 1 is 0.625 bits per heavy atom. The van der Waals surface area contributed by atoms with Gasteiger partial charge in [0.25, 0.3) is 23.6 Å². The lowest BCUT2D eigenvalue weighted by atomic mass is 9.92. The highest BCUT2D eigenvalue weighted by molar-refractivity contribution is 6.06. The van der Waals surface area contributed by atoms with E-state index in [9.17, 15) is 63.9 Å². The molecule has 0 saturated heterocycles. The van der Waals surface area contributed by atoms with Gasteiger partial charge >= 0.3 is 18.3 Å². The lowest BCUT2D eigenvalue weighted by molar-refractivity contribution is -0.139. The Morgan fingerprint density at radius 3 is 1.31 bits per heavy atom. The summed E-state index contributed by atoms with van der Waals surface area (Å²) in [6, 6.07) is 2.50. The molecule has 2 aromatic carbocycles. The van der Waals surface area contributed by atoms with E-state index in [0.717, 1.165) is 85.4 Å². The Balaban J connectivity index is 0.000000269. The molecule has 2 heterocycles. The molecule has 0 bridgehead atoms. The maximum absolute atomic E-state index is 14.2. The number of halogens is 8. The van der Waals surface area contributed by atoms with Crippen LogP contribution >= 0.6 is 0 Å². The second kappa shape index (κ2) is 22.7. The Kier molecular flexibility index (Phi) is 18.1. The molecule has 4 amide bonds. The molecule has 13 nitrogen and oxygen atoms in total. The number of carbonyl (C=O) groups excluding carboxylic acids is 5. The molecule has 2 saturated carbocycles. The number of anilines is 2. The van der Waals surface area contributed by atoms with Crippen LogP contribution in [0.1, 0.15) is 177 Å². The molecule has 0 atom stereocenters. The van der Waals surface area contributed by atoms with Gasteiger partial charge in [-0.3, -0.25) is 28.8 Å². The number of rotatable bonds is 15. The van der Waals surface area contributed by atoms with Crippen molar-refractivity contribution < 1.29 is 78.5 Å². The fourth-order valence-corrected chi connectivity index (χ4v) is 9.97. The summed E-state index contributed by atoms with van der Waals surface area (Å²) in [5.74, 6) is -4.87. The number of fused-ring (bicyclic) bond motifs is 2. The molecule has 0 aromatic heterocycles. The molecule has 0 radical (unpaired) electrons. The third-order valence-electron chi connectivity index (χ3n) is 13.4.